The first kappa shape index (κ1) is 24.2. The van der Waals surface area contributed by atoms with Crippen LogP contribution in [0.1, 0.15) is 42.6 Å². The Morgan fingerprint density at radius 3 is 2.53 bits per heavy atom. The first-order valence-electron chi connectivity index (χ1n) is 12.3. The molecule has 1 amide bonds. The van der Waals surface area contributed by atoms with E-state index in [4.69, 9.17) is 27.3 Å². The first-order valence-corrected chi connectivity index (χ1v) is 12.7. The van der Waals surface area contributed by atoms with Crippen LogP contribution in [-0.2, 0) is 0 Å². The van der Waals surface area contributed by atoms with Crippen LogP contribution in [0.25, 0.3) is 11.3 Å². The van der Waals surface area contributed by atoms with Gasteiger partial charge in [0.2, 0.25) is 11.9 Å². The molecule has 3 aromatic rings. The van der Waals surface area contributed by atoms with Gasteiger partial charge in [0, 0.05) is 68.5 Å². The molecule has 0 radical (unpaired) electrons. The number of anilines is 3. The minimum absolute atomic E-state index is 0.148. The second kappa shape index (κ2) is 9.89. The fourth-order valence-electron chi connectivity index (χ4n) is 5.06. The standard InChI is InChI=1S/C26H31ClN8O/c1-16-9-19(13-29-12-16)22-11-23(32-26(31-22)35-6-4-5-17(35)2)34-8-7-33(15-18(34)3)25-21(27)10-20(14-30-25)24(28)36/h9-14,17-18H,4-8,15H2,1-3H3,(H2,28,36). The Labute approximate surface area is 216 Å². The van der Waals surface area contributed by atoms with Crippen molar-refractivity contribution < 1.29 is 4.79 Å². The van der Waals surface area contributed by atoms with Gasteiger partial charge in [-0.2, -0.15) is 4.98 Å². The van der Waals surface area contributed by atoms with Crippen LogP contribution in [0, 0.1) is 6.92 Å². The number of halogens is 1. The Kier molecular flexibility index (Phi) is 6.66. The second-order valence-corrected chi connectivity index (χ2v) is 10.1. The van der Waals surface area contributed by atoms with Gasteiger partial charge in [0.25, 0.3) is 0 Å². The molecular weight excluding hydrogens is 476 g/mol. The van der Waals surface area contributed by atoms with Crippen molar-refractivity contribution in [2.45, 2.75) is 45.7 Å². The van der Waals surface area contributed by atoms with Gasteiger partial charge >= 0.3 is 0 Å². The van der Waals surface area contributed by atoms with Crippen LogP contribution < -0.4 is 20.4 Å². The lowest BCUT2D eigenvalue weighted by atomic mass is 10.1. The topological polar surface area (TPSA) is 104 Å². The molecule has 0 aliphatic carbocycles. The van der Waals surface area contributed by atoms with E-state index in [0.29, 0.717) is 35.5 Å². The fraction of sp³-hybridized carbons (Fsp3) is 0.423. The van der Waals surface area contributed by atoms with E-state index in [-0.39, 0.29) is 6.04 Å². The van der Waals surface area contributed by atoms with E-state index in [1.807, 2.05) is 19.3 Å². The molecule has 2 atom stereocenters. The van der Waals surface area contributed by atoms with Crippen LogP contribution in [0.3, 0.4) is 0 Å². The monoisotopic (exact) mass is 506 g/mol. The summed E-state index contributed by atoms with van der Waals surface area (Å²) in [6, 6.07) is 6.32. The lowest BCUT2D eigenvalue weighted by Gasteiger charge is -2.41. The maximum Gasteiger partial charge on any atom is 0.250 e. The van der Waals surface area contributed by atoms with Gasteiger partial charge in [-0.25, -0.2) is 9.97 Å². The van der Waals surface area contributed by atoms with E-state index >= 15 is 0 Å². The average molecular weight is 507 g/mol. The molecular formula is C26H31ClN8O. The number of nitrogens with zero attached hydrogens (tertiary/aromatic N) is 7. The zero-order valence-corrected chi connectivity index (χ0v) is 21.6. The molecule has 3 aromatic heterocycles. The molecule has 36 heavy (non-hydrogen) atoms. The third-order valence-corrected chi connectivity index (χ3v) is 7.29. The number of aryl methyl sites for hydroxylation is 1. The van der Waals surface area contributed by atoms with Crippen molar-refractivity contribution in [3.05, 3.63) is 52.9 Å². The molecule has 9 nitrogen and oxygen atoms in total. The van der Waals surface area contributed by atoms with Crippen LogP contribution in [0.2, 0.25) is 5.02 Å². The van der Waals surface area contributed by atoms with Gasteiger partial charge in [-0.1, -0.05) is 11.6 Å². The summed E-state index contributed by atoms with van der Waals surface area (Å²) in [4.78, 5) is 37.1. The maximum absolute atomic E-state index is 11.5. The Balaban J connectivity index is 1.45. The van der Waals surface area contributed by atoms with E-state index in [9.17, 15) is 4.79 Å². The molecule has 0 spiro atoms. The Bertz CT molecular complexity index is 1280. The molecule has 188 valence electrons. The first-order chi connectivity index (χ1) is 17.3. The van der Waals surface area contributed by atoms with E-state index < -0.39 is 5.91 Å². The number of primary amides is 1. The molecule has 0 bridgehead atoms. The Morgan fingerprint density at radius 1 is 1.03 bits per heavy atom. The molecule has 2 unspecified atom stereocenters. The number of hydrogen-bond acceptors (Lipinski definition) is 8. The van der Waals surface area contributed by atoms with Crippen LogP contribution in [-0.4, -0.2) is 64.1 Å². The van der Waals surface area contributed by atoms with E-state index in [1.54, 1.807) is 6.07 Å². The fourth-order valence-corrected chi connectivity index (χ4v) is 5.35. The molecule has 0 saturated carbocycles. The predicted octanol–water partition coefficient (Wildman–Crippen LogP) is 3.70. The number of pyridine rings is 2. The van der Waals surface area contributed by atoms with Gasteiger partial charge < -0.3 is 20.4 Å². The summed E-state index contributed by atoms with van der Waals surface area (Å²) < 4.78 is 0. The summed E-state index contributed by atoms with van der Waals surface area (Å²) in [7, 11) is 0. The summed E-state index contributed by atoms with van der Waals surface area (Å²) in [5.41, 5.74) is 8.64. The van der Waals surface area contributed by atoms with E-state index in [0.717, 1.165) is 54.5 Å². The quantitative estimate of drug-likeness (QED) is 0.558. The normalized spacial score (nSPS) is 20.2. The van der Waals surface area contributed by atoms with Crippen LogP contribution in [0.15, 0.2) is 36.8 Å². The van der Waals surface area contributed by atoms with Crippen LogP contribution >= 0.6 is 11.6 Å². The zero-order chi connectivity index (χ0) is 25.4. The molecule has 2 saturated heterocycles. The SMILES string of the molecule is Cc1cncc(-c2cc(N3CCN(c4ncc(C(N)=O)cc4Cl)CC3C)nc(N3CCCC3C)n2)c1. The molecule has 0 aromatic carbocycles. The molecule has 5 rings (SSSR count). The van der Waals surface area contributed by atoms with Crippen LogP contribution in [0.5, 0.6) is 0 Å². The van der Waals surface area contributed by atoms with Crippen molar-refractivity contribution in [2.75, 3.05) is 40.9 Å². The van der Waals surface area contributed by atoms with E-state index in [1.165, 1.54) is 6.20 Å². The van der Waals surface area contributed by atoms with Crippen molar-refractivity contribution in [1.82, 2.24) is 19.9 Å². The summed E-state index contributed by atoms with van der Waals surface area (Å²) in [5, 5.41) is 0.425. The minimum Gasteiger partial charge on any atom is -0.366 e. The number of piperazine rings is 1. The van der Waals surface area contributed by atoms with Gasteiger partial charge in [0.05, 0.1) is 16.3 Å². The number of amides is 1. The van der Waals surface area contributed by atoms with Crippen molar-refractivity contribution in [1.29, 1.82) is 0 Å². The number of carbonyl (C=O) groups excluding carboxylic acids is 1. The van der Waals surface area contributed by atoms with Crippen molar-refractivity contribution in [2.24, 2.45) is 5.73 Å². The minimum atomic E-state index is -0.541. The Hall–Kier alpha value is -3.46. The maximum atomic E-state index is 11.5. The number of carbonyl (C=O) groups is 1. The molecule has 10 heteroatoms. The number of rotatable bonds is 5. The summed E-state index contributed by atoms with van der Waals surface area (Å²) in [6.45, 7) is 9.58. The highest BCUT2D eigenvalue weighted by Crippen LogP contribution is 2.32. The van der Waals surface area contributed by atoms with Crippen molar-refractivity contribution in [3.63, 3.8) is 0 Å². The van der Waals surface area contributed by atoms with Crippen LogP contribution in [0.4, 0.5) is 17.6 Å². The molecule has 2 aliphatic heterocycles. The van der Waals surface area contributed by atoms with Gasteiger partial charge in [-0.3, -0.25) is 9.78 Å². The number of aromatic nitrogens is 4. The molecule has 2 N–H and O–H groups in total. The molecule has 2 fully saturated rings. The van der Waals surface area contributed by atoms with Crippen molar-refractivity contribution >= 4 is 35.1 Å². The lowest BCUT2D eigenvalue weighted by molar-refractivity contribution is 0.1000. The predicted molar refractivity (Wildman–Crippen MR) is 143 cm³/mol. The highest BCUT2D eigenvalue weighted by Gasteiger charge is 2.29. The van der Waals surface area contributed by atoms with E-state index in [2.05, 4.69) is 50.6 Å². The van der Waals surface area contributed by atoms with Crippen molar-refractivity contribution in [3.8, 4) is 11.3 Å². The second-order valence-electron chi connectivity index (χ2n) is 9.73. The summed E-state index contributed by atoms with van der Waals surface area (Å²) >= 11 is 6.46. The van der Waals surface area contributed by atoms with Gasteiger partial charge in [0.1, 0.15) is 11.6 Å². The Morgan fingerprint density at radius 2 is 1.86 bits per heavy atom. The summed E-state index contributed by atoms with van der Waals surface area (Å²) in [5.74, 6) is 1.80. The number of hydrogen-bond donors (Lipinski definition) is 1. The molecule has 2 aliphatic rings. The highest BCUT2D eigenvalue weighted by atomic mass is 35.5. The van der Waals surface area contributed by atoms with Gasteiger partial charge in [0.15, 0.2) is 0 Å². The summed E-state index contributed by atoms with van der Waals surface area (Å²) in [6.07, 6.45) is 7.49. The van der Waals surface area contributed by atoms with Gasteiger partial charge in [-0.15, -0.1) is 0 Å². The average Bonchev–Trinajstić information content (AvgIpc) is 3.29. The zero-order valence-electron chi connectivity index (χ0n) is 20.9. The number of nitrogens with two attached hydrogens (primary N) is 1. The highest BCUT2D eigenvalue weighted by molar-refractivity contribution is 6.33. The largest absolute Gasteiger partial charge is 0.366 e. The third kappa shape index (κ3) is 4.80. The van der Waals surface area contributed by atoms with Gasteiger partial charge in [-0.05, 0) is 51.3 Å². The third-order valence-electron chi connectivity index (χ3n) is 7.01. The lowest BCUT2D eigenvalue weighted by Crippen LogP contribution is -2.53. The molecule has 5 heterocycles. The smallest absolute Gasteiger partial charge is 0.250 e.